The average molecular weight is 346 g/mol. The van der Waals surface area contributed by atoms with Crippen molar-refractivity contribution in [3.63, 3.8) is 0 Å². The van der Waals surface area contributed by atoms with Crippen LogP contribution >= 0.6 is 24.0 Å². The van der Waals surface area contributed by atoms with Crippen LogP contribution in [-0.2, 0) is 10.3 Å². The van der Waals surface area contributed by atoms with Crippen molar-refractivity contribution >= 4 is 24.0 Å². The molecule has 1 saturated carbocycles. The lowest BCUT2D eigenvalue weighted by Gasteiger charge is -2.38. The van der Waals surface area contributed by atoms with E-state index in [9.17, 15) is 0 Å². The van der Waals surface area contributed by atoms with Gasteiger partial charge in [-0.1, -0.05) is 56.8 Å². The highest BCUT2D eigenvalue weighted by Crippen LogP contribution is 2.40. The molecule has 1 aromatic carbocycles. The molecule has 1 aliphatic rings. The first-order valence-corrected chi connectivity index (χ1v) is 8.70. The summed E-state index contributed by atoms with van der Waals surface area (Å²) in [6.45, 7) is 8.42. The van der Waals surface area contributed by atoms with Crippen LogP contribution in [0.25, 0.3) is 0 Å². The fourth-order valence-corrected chi connectivity index (χ4v) is 3.43. The van der Waals surface area contributed by atoms with E-state index in [-0.39, 0.29) is 18.0 Å². The van der Waals surface area contributed by atoms with Crippen LogP contribution in [0.5, 0.6) is 0 Å². The van der Waals surface area contributed by atoms with Gasteiger partial charge in [0.2, 0.25) is 0 Å². The second-order valence-corrected chi connectivity index (χ2v) is 6.37. The Morgan fingerprint density at radius 3 is 2.18 bits per heavy atom. The van der Waals surface area contributed by atoms with Gasteiger partial charge in [-0.25, -0.2) is 0 Å². The molecule has 0 aromatic heterocycles. The molecule has 1 fully saturated rings. The van der Waals surface area contributed by atoms with Crippen LogP contribution in [0.3, 0.4) is 0 Å². The summed E-state index contributed by atoms with van der Waals surface area (Å²) in [7, 11) is 0. The van der Waals surface area contributed by atoms with Crippen LogP contribution < -0.4 is 0 Å². The number of hydrogen-bond acceptors (Lipinski definition) is 2. The van der Waals surface area contributed by atoms with Crippen molar-refractivity contribution in [1.29, 1.82) is 0 Å². The minimum atomic E-state index is -0.0873. The van der Waals surface area contributed by atoms with E-state index < -0.39 is 0 Å². The lowest BCUT2D eigenvalue weighted by atomic mass is 9.79. The zero-order valence-electron chi connectivity index (χ0n) is 13.8. The van der Waals surface area contributed by atoms with Gasteiger partial charge in [0, 0.05) is 11.6 Å². The fraction of sp³-hybridized carbons (Fsp3) is 0.667. The highest BCUT2D eigenvalue weighted by atomic mass is 35.5. The third-order valence-corrected chi connectivity index (χ3v) is 4.96. The molecule has 126 valence electrons. The maximum atomic E-state index is 6.45. The van der Waals surface area contributed by atoms with Crippen molar-refractivity contribution in [3.05, 3.63) is 34.9 Å². The Balaban J connectivity index is 0.00000242. The zero-order chi connectivity index (χ0) is 15.1. The Labute approximate surface area is 146 Å². The predicted octanol–water partition coefficient (Wildman–Crippen LogP) is 5.28. The van der Waals surface area contributed by atoms with Gasteiger partial charge >= 0.3 is 0 Å². The van der Waals surface area contributed by atoms with Crippen molar-refractivity contribution < 1.29 is 4.74 Å². The monoisotopic (exact) mass is 345 g/mol. The van der Waals surface area contributed by atoms with Crippen molar-refractivity contribution in [2.24, 2.45) is 0 Å². The summed E-state index contributed by atoms with van der Waals surface area (Å²) in [5, 5.41) is 0.799. The Morgan fingerprint density at radius 1 is 1.05 bits per heavy atom. The maximum absolute atomic E-state index is 6.45. The van der Waals surface area contributed by atoms with E-state index in [0.29, 0.717) is 0 Å². The van der Waals surface area contributed by atoms with Crippen LogP contribution in [0.1, 0.15) is 51.5 Å². The van der Waals surface area contributed by atoms with Gasteiger partial charge in [-0.2, -0.15) is 0 Å². The summed E-state index contributed by atoms with van der Waals surface area (Å²) in [5.41, 5.74) is 1.21. The van der Waals surface area contributed by atoms with Gasteiger partial charge in [0.05, 0.1) is 12.2 Å². The largest absolute Gasteiger partial charge is 0.369 e. The first-order valence-electron chi connectivity index (χ1n) is 8.32. The topological polar surface area (TPSA) is 12.5 Å². The third kappa shape index (κ3) is 5.13. The van der Waals surface area contributed by atoms with Crippen LogP contribution in [0.15, 0.2) is 24.3 Å². The lowest BCUT2D eigenvalue weighted by Crippen LogP contribution is -2.36. The number of likely N-dealkylation sites (N-methyl/N-ethyl adjacent to an activating group) is 1. The van der Waals surface area contributed by atoms with Gasteiger partial charge in [-0.05, 0) is 43.6 Å². The number of benzene rings is 1. The minimum absolute atomic E-state index is 0. The Morgan fingerprint density at radius 2 is 1.64 bits per heavy atom. The van der Waals surface area contributed by atoms with E-state index in [1.165, 1.54) is 24.8 Å². The molecular formula is C18H29Cl2NO. The number of halogens is 2. The van der Waals surface area contributed by atoms with E-state index in [4.69, 9.17) is 16.3 Å². The van der Waals surface area contributed by atoms with Crippen molar-refractivity contribution in [2.75, 3.05) is 26.2 Å². The smallest absolute Gasteiger partial charge is 0.0932 e. The Hall–Kier alpha value is -0.280. The zero-order valence-corrected chi connectivity index (χ0v) is 15.4. The number of rotatable bonds is 7. The highest BCUT2D eigenvalue weighted by molar-refractivity contribution is 6.30. The molecule has 0 bridgehead atoms. The van der Waals surface area contributed by atoms with E-state index in [1.54, 1.807) is 0 Å². The summed E-state index contributed by atoms with van der Waals surface area (Å²) >= 11 is 6.03. The molecule has 22 heavy (non-hydrogen) atoms. The van der Waals surface area contributed by atoms with E-state index in [1.807, 2.05) is 12.1 Å². The van der Waals surface area contributed by atoms with Crippen LogP contribution in [0.2, 0.25) is 5.02 Å². The van der Waals surface area contributed by atoms with Crippen molar-refractivity contribution in [3.8, 4) is 0 Å². The quantitative estimate of drug-likeness (QED) is 0.666. The first kappa shape index (κ1) is 19.8. The molecule has 2 nitrogen and oxygen atoms in total. The summed E-state index contributed by atoms with van der Waals surface area (Å²) in [6, 6.07) is 8.26. The van der Waals surface area contributed by atoms with Gasteiger partial charge in [-0.15, -0.1) is 12.4 Å². The minimum Gasteiger partial charge on any atom is -0.369 e. The van der Waals surface area contributed by atoms with Gasteiger partial charge in [0.1, 0.15) is 0 Å². The second-order valence-electron chi connectivity index (χ2n) is 5.94. The van der Waals surface area contributed by atoms with Crippen molar-refractivity contribution in [1.82, 2.24) is 4.90 Å². The Kier molecular flexibility index (Phi) is 8.78. The molecule has 4 heteroatoms. The molecule has 0 atom stereocenters. The van der Waals surface area contributed by atoms with Crippen LogP contribution in [-0.4, -0.2) is 31.1 Å². The number of hydrogen-bond donors (Lipinski definition) is 0. The van der Waals surface area contributed by atoms with Crippen LogP contribution in [0, 0.1) is 0 Å². The second kappa shape index (κ2) is 9.77. The average Bonchev–Trinajstić information content (AvgIpc) is 2.53. The molecule has 0 heterocycles. The SMILES string of the molecule is CCN(CC)CCOC1(c2ccc(Cl)cc2)CCCCC1.Cl. The van der Waals surface area contributed by atoms with Gasteiger partial charge < -0.3 is 9.64 Å². The van der Waals surface area contributed by atoms with Gasteiger partial charge in [-0.3, -0.25) is 0 Å². The summed E-state index contributed by atoms with van der Waals surface area (Å²) in [6.07, 6.45) is 6.11. The molecule has 0 saturated heterocycles. The van der Waals surface area contributed by atoms with E-state index in [2.05, 4.69) is 30.9 Å². The van der Waals surface area contributed by atoms with Crippen LogP contribution in [0.4, 0.5) is 0 Å². The summed E-state index contributed by atoms with van der Waals surface area (Å²) in [4.78, 5) is 2.42. The first-order chi connectivity index (χ1) is 10.2. The molecular weight excluding hydrogens is 317 g/mol. The number of ether oxygens (including phenoxy) is 1. The molecule has 0 radical (unpaired) electrons. The molecule has 0 aliphatic heterocycles. The van der Waals surface area contributed by atoms with E-state index in [0.717, 1.165) is 44.1 Å². The molecule has 1 aliphatic carbocycles. The Bertz CT molecular complexity index is 412. The summed E-state index contributed by atoms with van der Waals surface area (Å²) < 4.78 is 6.45. The predicted molar refractivity (Wildman–Crippen MR) is 97.2 cm³/mol. The molecule has 0 spiro atoms. The van der Waals surface area contributed by atoms with E-state index >= 15 is 0 Å². The molecule has 0 N–H and O–H groups in total. The maximum Gasteiger partial charge on any atom is 0.0932 e. The molecule has 1 aromatic rings. The molecule has 2 rings (SSSR count). The fourth-order valence-electron chi connectivity index (χ4n) is 3.30. The van der Waals surface area contributed by atoms with Gasteiger partial charge in [0.15, 0.2) is 0 Å². The standard InChI is InChI=1S/C18H28ClNO.ClH/c1-3-20(4-2)14-15-21-18(12-6-5-7-13-18)16-8-10-17(19)11-9-16;/h8-11H,3-7,12-15H2,1-2H3;1H. The normalized spacial score (nSPS) is 17.3. The number of nitrogens with zero attached hydrogens (tertiary/aromatic N) is 1. The molecule has 0 amide bonds. The highest BCUT2D eigenvalue weighted by Gasteiger charge is 2.34. The lowest BCUT2D eigenvalue weighted by molar-refractivity contribution is -0.0810. The van der Waals surface area contributed by atoms with Gasteiger partial charge in [0.25, 0.3) is 0 Å². The van der Waals surface area contributed by atoms with Crippen molar-refractivity contribution in [2.45, 2.75) is 51.6 Å². The molecule has 0 unspecified atom stereocenters. The summed E-state index contributed by atoms with van der Waals surface area (Å²) in [5.74, 6) is 0. The third-order valence-electron chi connectivity index (χ3n) is 4.71.